The molecular weight excluding hydrogens is 346 g/mol. The lowest BCUT2D eigenvalue weighted by atomic mass is 10.2. The number of amides is 1. The highest BCUT2D eigenvalue weighted by Gasteiger charge is 2.31. The van der Waals surface area contributed by atoms with Gasteiger partial charge in [0.15, 0.2) is 0 Å². The van der Waals surface area contributed by atoms with Crippen molar-refractivity contribution in [1.82, 2.24) is 0 Å². The van der Waals surface area contributed by atoms with E-state index in [1.165, 1.54) is 6.07 Å². The minimum atomic E-state index is -4.49. The molecule has 0 unspecified atom stereocenters. The second-order valence-electron chi connectivity index (χ2n) is 3.92. The number of nitrogens with one attached hydrogen (secondary N) is 1. The van der Waals surface area contributed by atoms with E-state index in [2.05, 4.69) is 21.2 Å². The van der Waals surface area contributed by atoms with Crippen LogP contribution in [0.4, 0.5) is 18.9 Å². The Morgan fingerprint density at radius 3 is 2.53 bits per heavy atom. The first-order valence-electron chi connectivity index (χ1n) is 5.56. The summed E-state index contributed by atoms with van der Waals surface area (Å²) < 4.78 is 37.7. The van der Waals surface area contributed by atoms with E-state index in [9.17, 15) is 18.0 Å². The van der Waals surface area contributed by atoms with Crippen molar-refractivity contribution in [2.24, 2.45) is 0 Å². The molecule has 1 rings (SSSR count). The van der Waals surface area contributed by atoms with Gasteiger partial charge in [0.05, 0.1) is 5.56 Å². The van der Waals surface area contributed by atoms with Gasteiger partial charge in [0, 0.05) is 22.5 Å². The molecule has 19 heavy (non-hydrogen) atoms. The molecule has 1 aromatic rings. The van der Waals surface area contributed by atoms with Crippen molar-refractivity contribution in [1.29, 1.82) is 0 Å². The molecule has 0 bridgehead atoms. The van der Waals surface area contributed by atoms with E-state index in [4.69, 9.17) is 11.6 Å². The fraction of sp³-hybridized carbons (Fsp3) is 0.417. The first-order chi connectivity index (χ1) is 8.82. The summed E-state index contributed by atoms with van der Waals surface area (Å²) in [7, 11) is 0. The van der Waals surface area contributed by atoms with E-state index >= 15 is 0 Å². The summed E-state index contributed by atoms with van der Waals surface area (Å²) in [5.74, 6) is -0.323. The maximum Gasteiger partial charge on any atom is 0.416 e. The second kappa shape index (κ2) is 7.14. The Labute approximate surface area is 122 Å². The van der Waals surface area contributed by atoms with Gasteiger partial charge in [-0.15, -0.1) is 0 Å². The van der Waals surface area contributed by atoms with Crippen LogP contribution in [0.15, 0.2) is 18.2 Å². The van der Waals surface area contributed by atoms with Crippen molar-refractivity contribution < 1.29 is 18.0 Å². The smallest absolute Gasteiger partial charge is 0.326 e. The van der Waals surface area contributed by atoms with Crippen LogP contribution in [0.3, 0.4) is 0 Å². The van der Waals surface area contributed by atoms with Crippen LogP contribution < -0.4 is 5.32 Å². The third-order valence-corrected chi connectivity index (χ3v) is 3.08. The monoisotopic (exact) mass is 357 g/mol. The fourth-order valence-electron chi connectivity index (χ4n) is 1.43. The number of hydrogen-bond acceptors (Lipinski definition) is 1. The zero-order chi connectivity index (χ0) is 14.5. The van der Waals surface area contributed by atoms with Gasteiger partial charge in [0.1, 0.15) is 0 Å². The van der Waals surface area contributed by atoms with Crippen molar-refractivity contribution in [3.05, 3.63) is 28.8 Å². The van der Waals surface area contributed by atoms with Gasteiger partial charge in [-0.3, -0.25) is 4.79 Å². The Morgan fingerprint density at radius 2 is 1.95 bits per heavy atom. The van der Waals surface area contributed by atoms with Crippen molar-refractivity contribution in [3.63, 3.8) is 0 Å². The predicted octanol–water partition coefficient (Wildman–Crippen LogP) is 4.86. The summed E-state index contributed by atoms with van der Waals surface area (Å²) in [6, 6.07) is 2.98. The van der Waals surface area contributed by atoms with E-state index in [-0.39, 0.29) is 23.0 Å². The highest BCUT2D eigenvalue weighted by atomic mass is 79.9. The molecule has 7 heteroatoms. The number of hydrogen-bond donors (Lipinski definition) is 1. The Balaban J connectivity index is 2.73. The van der Waals surface area contributed by atoms with Gasteiger partial charge < -0.3 is 5.32 Å². The van der Waals surface area contributed by atoms with Crippen LogP contribution in [-0.2, 0) is 11.0 Å². The molecule has 0 spiro atoms. The SMILES string of the molecule is O=C(CCCCBr)Nc1cc(Cl)cc(C(F)(F)F)c1. The molecule has 0 radical (unpaired) electrons. The molecule has 0 atom stereocenters. The average Bonchev–Trinajstić information content (AvgIpc) is 2.27. The standard InChI is InChI=1S/C12H12BrClF3NO/c13-4-2-1-3-11(19)18-10-6-8(12(15,16)17)5-9(14)7-10/h5-7H,1-4H2,(H,18,19). The lowest BCUT2D eigenvalue weighted by molar-refractivity contribution is -0.137. The maximum atomic E-state index is 12.6. The molecule has 1 N–H and O–H groups in total. The molecule has 0 aromatic heterocycles. The molecule has 1 aromatic carbocycles. The summed E-state index contributed by atoms with van der Waals surface area (Å²) in [6.07, 6.45) is -2.72. The number of anilines is 1. The topological polar surface area (TPSA) is 29.1 Å². The van der Waals surface area contributed by atoms with Crippen LogP contribution in [0.25, 0.3) is 0 Å². The molecule has 0 aliphatic heterocycles. The zero-order valence-corrected chi connectivity index (χ0v) is 12.2. The quantitative estimate of drug-likeness (QED) is 0.591. The van der Waals surface area contributed by atoms with E-state index in [0.717, 1.165) is 23.9 Å². The average molecular weight is 359 g/mol. The number of unbranched alkanes of at least 4 members (excludes halogenated alkanes) is 1. The van der Waals surface area contributed by atoms with Gasteiger partial charge in [-0.1, -0.05) is 27.5 Å². The molecule has 1 amide bonds. The molecule has 2 nitrogen and oxygen atoms in total. The van der Waals surface area contributed by atoms with Gasteiger partial charge in [0.2, 0.25) is 5.91 Å². The van der Waals surface area contributed by atoms with Gasteiger partial charge in [-0.2, -0.15) is 13.2 Å². The lowest BCUT2D eigenvalue weighted by Gasteiger charge is -2.11. The number of halogens is 5. The van der Waals surface area contributed by atoms with Gasteiger partial charge >= 0.3 is 6.18 Å². The van der Waals surface area contributed by atoms with Crippen LogP contribution in [0.5, 0.6) is 0 Å². The zero-order valence-electron chi connectivity index (χ0n) is 9.86. The van der Waals surface area contributed by atoms with Gasteiger partial charge in [-0.25, -0.2) is 0 Å². The van der Waals surface area contributed by atoms with E-state index in [1.54, 1.807) is 0 Å². The fourth-order valence-corrected chi connectivity index (χ4v) is 2.06. The number of alkyl halides is 4. The van der Waals surface area contributed by atoms with Gasteiger partial charge in [-0.05, 0) is 31.0 Å². The number of benzene rings is 1. The largest absolute Gasteiger partial charge is 0.416 e. The molecule has 106 valence electrons. The van der Waals surface area contributed by atoms with E-state index < -0.39 is 11.7 Å². The number of carbonyl (C=O) groups is 1. The van der Waals surface area contributed by atoms with Crippen LogP contribution in [0.2, 0.25) is 5.02 Å². The van der Waals surface area contributed by atoms with Crippen LogP contribution >= 0.6 is 27.5 Å². The molecule has 0 heterocycles. The summed E-state index contributed by atoms with van der Waals surface area (Å²) in [4.78, 5) is 11.5. The Morgan fingerprint density at radius 1 is 1.26 bits per heavy atom. The summed E-state index contributed by atoms with van der Waals surface area (Å²) in [5.41, 5.74) is -0.820. The first-order valence-corrected chi connectivity index (χ1v) is 7.06. The summed E-state index contributed by atoms with van der Waals surface area (Å²) in [6.45, 7) is 0. The normalized spacial score (nSPS) is 11.4. The van der Waals surface area contributed by atoms with Crippen molar-refractivity contribution >= 4 is 39.1 Å². The predicted molar refractivity (Wildman–Crippen MR) is 72.7 cm³/mol. The molecular formula is C12H12BrClF3NO. The van der Waals surface area contributed by atoms with Crippen molar-refractivity contribution in [3.8, 4) is 0 Å². The van der Waals surface area contributed by atoms with E-state index in [1.807, 2.05) is 0 Å². The highest BCUT2D eigenvalue weighted by Crippen LogP contribution is 2.33. The highest BCUT2D eigenvalue weighted by molar-refractivity contribution is 9.09. The maximum absolute atomic E-state index is 12.6. The number of carbonyl (C=O) groups excluding carboxylic acids is 1. The third kappa shape index (κ3) is 5.82. The Hall–Kier alpha value is -0.750. The molecule has 0 saturated carbocycles. The number of rotatable bonds is 5. The summed E-state index contributed by atoms with van der Waals surface area (Å²) in [5, 5.41) is 3.14. The Bertz CT molecular complexity index is 451. The van der Waals surface area contributed by atoms with Crippen LogP contribution in [0.1, 0.15) is 24.8 Å². The van der Waals surface area contributed by atoms with Crippen molar-refractivity contribution in [2.75, 3.05) is 10.6 Å². The Kier molecular flexibility index (Phi) is 6.13. The molecule has 0 saturated heterocycles. The molecule has 0 fully saturated rings. The first kappa shape index (κ1) is 16.3. The van der Waals surface area contributed by atoms with Gasteiger partial charge in [0.25, 0.3) is 0 Å². The summed E-state index contributed by atoms with van der Waals surface area (Å²) >= 11 is 8.84. The molecule has 0 aliphatic carbocycles. The third-order valence-electron chi connectivity index (χ3n) is 2.30. The minimum Gasteiger partial charge on any atom is -0.326 e. The van der Waals surface area contributed by atoms with E-state index in [0.29, 0.717) is 6.42 Å². The van der Waals surface area contributed by atoms with Crippen LogP contribution in [-0.4, -0.2) is 11.2 Å². The van der Waals surface area contributed by atoms with Crippen LogP contribution in [0, 0.1) is 0 Å². The lowest BCUT2D eigenvalue weighted by Crippen LogP contribution is -2.12. The second-order valence-corrected chi connectivity index (χ2v) is 5.15. The minimum absolute atomic E-state index is 0.0590. The van der Waals surface area contributed by atoms with Crippen molar-refractivity contribution in [2.45, 2.75) is 25.4 Å². The molecule has 0 aliphatic rings.